The molecule has 4 rings (SSSR count). The highest BCUT2D eigenvalue weighted by molar-refractivity contribution is 5.95. The van der Waals surface area contributed by atoms with Gasteiger partial charge < -0.3 is 10.1 Å². The molecule has 1 aliphatic carbocycles. The van der Waals surface area contributed by atoms with Gasteiger partial charge in [0.1, 0.15) is 12.4 Å². The molecule has 7 nitrogen and oxygen atoms in total. The summed E-state index contributed by atoms with van der Waals surface area (Å²) in [7, 11) is 0. The number of pyridine rings is 1. The van der Waals surface area contributed by atoms with Crippen molar-refractivity contribution in [1.82, 2.24) is 15.8 Å². The van der Waals surface area contributed by atoms with Crippen molar-refractivity contribution in [3.8, 4) is 5.75 Å². The van der Waals surface area contributed by atoms with Crippen LogP contribution in [0.4, 0.5) is 0 Å². The number of amides is 2. The van der Waals surface area contributed by atoms with Gasteiger partial charge in [-0.1, -0.05) is 18.2 Å². The Morgan fingerprint density at radius 1 is 1.09 bits per heavy atom. The van der Waals surface area contributed by atoms with Gasteiger partial charge in [0.15, 0.2) is 0 Å². The first kappa shape index (κ1) is 22.7. The molecular formula is C26H28N3O4. The number of nitrogens with one attached hydrogen (secondary N) is 2. The molecule has 1 saturated carbocycles. The van der Waals surface area contributed by atoms with E-state index in [4.69, 9.17) is 9.94 Å². The lowest BCUT2D eigenvalue weighted by molar-refractivity contribution is -0.130. The van der Waals surface area contributed by atoms with E-state index in [1.54, 1.807) is 29.7 Å². The number of para-hydroxylation sites is 1. The Bertz CT molecular complexity index is 1140. The van der Waals surface area contributed by atoms with E-state index in [2.05, 4.69) is 16.7 Å². The number of rotatable bonds is 7. The van der Waals surface area contributed by atoms with E-state index in [-0.39, 0.29) is 12.3 Å². The molecule has 1 aliphatic rings. The lowest BCUT2D eigenvalue weighted by Crippen LogP contribution is -2.52. The number of carbonyl (C=O) groups is 2. The maximum Gasteiger partial charge on any atom is 0.251 e. The van der Waals surface area contributed by atoms with Crippen LogP contribution in [0.5, 0.6) is 5.75 Å². The maximum atomic E-state index is 12.9. The number of benzene rings is 2. The third-order valence-electron chi connectivity index (χ3n) is 6.10. The fourth-order valence-corrected chi connectivity index (χ4v) is 4.41. The minimum absolute atomic E-state index is 0.0452. The minimum atomic E-state index is -0.659. The molecule has 171 valence electrons. The number of fused-ring (bicyclic) bond motifs is 1. The average molecular weight is 447 g/mol. The number of hydrogen-bond acceptors (Lipinski definition) is 5. The zero-order valence-electron chi connectivity index (χ0n) is 18.6. The van der Waals surface area contributed by atoms with Crippen LogP contribution in [0.3, 0.4) is 0 Å². The van der Waals surface area contributed by atoms with Crippen molar-refractivity contribution in [3.63, 3.8) is 0 Å². The largest absolute Gasteiger partial charge is 0.489 e. The van der Waals surface area contributed by atoms with E-state index < -0.39 is 11.4 Å². The topological polar surface area (TPSA) is 101 Å². The Balaban J connectivity index is 1.43. The van der Waals surface area contributed by atoms with Crippen molar-refractivity contribution >= 4 is 22.7 Å². The highest BCUT2D eigenvalue weighted by Crippen LogP contribution is 2.31. The molecule has 0 atom stereocenters. The molecule has 7 heteroatoms. The third-order valence-corrected chi connectivity index (χ3v) is 6.10. The maximum absolute atomic E-state index is 12.9. The summed E-state index contributed by atoms with van der Waals surface area (Å²) in [6, 6.07) is 17.0. The smallest absolute Gasteiger partial charge is 0.251 e. The highest BCUT2D eigenvalue weighted by Gasteiger charge is 2.36. The first-order valence-electron chi connectivity index (χ1n) is 11.1. The first-order chi connectivity index (χ1) is 16.0. The van der Waals surface area contributed by atoms with E-state index in [1.165, 1.54) is 0 Å². The lowest BCUT2D eigenvalue weighted by atomic mass is 9.79. The molecule has 0 unspecified atom stereocenters. The van der Waals surface area contributed by atoms with Crippen LogP contribution in [0.25, 0.3) is 10.9 Å². The molecule has 2 aromatic carbocycles. The monoisotopic (exact) mass is 446 g/mol. The van der Waals surface area contributed by atoms with Gasteiger partial charge in [0.05, 0.1) is 11.9 Å². The fraction of sp³-hybridized carbons (Fsp3) is 0.308. The molecule has 0 spiro atoms. The molecule has 0 aliphatic heterocycles. The Morgan fingerprint density at radius 2 is 1.82 bits per heavy atom. The van der Waals surface area contributed by atoms with Crippen molar-refractivity contribution in [2.24, 2.45) is 0 Å². The van der Waals surface area contributed by atoms with Crippen LogP contribution in [0.1, 0.15) is 53.7 Å². The predicted octanol–water partition coefficient (Wildman–Crippen LogP) is 4.26. The number of aryl methyl sites for hydroxylation is 1. The van der Waals surface area contributed by atoms with Crippen LogP contribution in [0, 0.1) is 13.3 Å². The van der Waals surface area contributed by atoms with E-state index >= 15 is 0 Å². The normalized spacial score (nSPS) is 15.1. The van der Waals surface area contributed by atoms with Crippen LogP contribution in [0.2, 0.25) is 0 Å². The Morgan fingerprint density at radius 3 is 2.55 bits per heavy atom. The lowest BCUT2D eigenvalue weighted by Gasteiger charge is -2.37. The standard InChI is InChI=1S/C26H28N3O4/c1-18-15-20(22-7-3-4-8-23(22)27-18)17-33-21-11-9-19(10-12-21)25(31)28-26(16-24(30)29-32)13-5-2-6-14-26/h2-4,7-12,15,32H,5-6,13-14,16-17H2,1H3,(H,28,31)(H,29,30). The summed E-state index contributed by atoms with van der Waals surface area (Å²) in [5.74, 6) is -0.0866. The number of hydroxylamine groups is 1. The van der Waals surface area contributed by atoms with Crippen LogP contribution < -0.4 is 15.5 Å². The Labute approximate surface area is 193 Å². The van der Waals surface area contributed by atoms with Crippen LogP contribution in [0.15, 0.2) is 54.6 Å². The molecule has 1 aromatic heterocycles. The van der Waals surface area contributed by atoms with Gasteiger partial charge in [-0.05, 0) is 75.4 Å². The van der Waals surface area contributed by atoms with E-state index in [0.29, 0.717) is 30.8 Å². The number of aromatic nitrogens is 1. The predicted molar refractivity (Wildman–Crippen MR) is 125 cm³/mol. The fourth-order valence-electron chi connectivity index (χ4n) is 4.41. The van der Waals surface area contributed by atoms with Crippen molar-refractivity contribution < 1.29 is 19.5 Å². The molecule has 1 fully saturated rings. The molecule has 33 heavy (non-hydrogen) atoms. The van der Waals surface area contributed by atoms with E-state index in [0.717, 1.165) is 35.0 Å². The zero-order chi connectivity index (χ0) is 23.3. The summed E-state index contributed by atoms with van der Waals surface area (Å²) in [4.78, 5) is 29.3. The quantitative estimate of drug-likeness (QED) is 0.372. The van der Waals surface area contributed by atoms with Crippen molar-refractivity contribution in [2.45, 2.75) is 51.2 Å². The molecule has 1 heterocycles. The number of nitrogens with zero attached hydrogens (tertiary/aromatic N) is 1. The second-order valence-corrected chi connectivity index (χ2v) is 8.57. The molecule has 2 amide bonds. The molecule has 0 bridgehead atoms. The van der Waals surface area contributed by atoms with Gasteiger partial charge in [0, 0.05) is 27.7 Å². The van der Waals surface area contributed by atoms with Crippen molar-refractivity contribution in [3.05, 3.63) is 77.8 Å². The second-order valence-electron chi connectivity index (χ2n) is 8.57. The van der Waals surface area contributed by atoms with Gasteiger partial charge in [0.2, 0.25) is 5.91 Å². The summed E-state index contributed by atoms with van der Waals surface area (Å²) in [5.41, 5.74) is 4.44. The summed E-state index contributed by atoms with van der Waals surface area (Å²) in [6.45, 7) is 2.36. The zero-order valence-corrected chi connectivity index (χ0v) is 18.6. The summed E-state index contributed by atoms with van der Waals surface area (Å²) < 4.78 is 5.98. The van der Waals surface area contributed by atoms with Gasteiger partial charge in [0.25, 0.3) is 5.91 Å². The van der Waals surface area contributed by atoms with Crippen LogP contribution in [-0.2, 0) is 11.4 Å². The van der Waals surface area contributed by atoms with Crippen molar-refractivity contribution in [1.29, 1.82) is 0 Å². The second kappa shape index (κ2) is 10.0. The number of ether oxygens (including phenoxy) is 1. The number of hydrogen-bond donors (Lipinski definition) is 3. The van der Waals surface area contributed by atoms with Gasteiger partial charge in [-0.2, -0.15) is 0 Å². The van der Waals surface area contributed by atoms with Gasteiger partial charge in [-0.15, -0.1) is 0 Å². The van der Waals surface area contributed by atoms with Gasteiger partial charge in [-0.3, -0.25) is 19.8 Å². The minimum Gasteiger partial charge on any atom is -0.489 e. The van der Waals surface area contributed by atoms with Crippen LogP contribution in [-0.4, -0.2) is 27.5 Å². The van der Waals surface area contributed by atoms with E-state index in [1.807, 2.05) is 37.3 Å². The SMILES string of the molecule is Cc1cc(COc2ccc(C(=O)NC3(CC(=O)NO)CC[CH]CC3)cc2)c2ccccc2n1. The first-order valence-corrected chi connectivity index (χ1v) is 11.1. The van der Waals surface area contributed by atoms with Crippen LogP contribution >= 0.6 is 0 Å². The Hall–Kier alpha value is -3.45. The van der Waals surface area contributed by atoms with Crippen molar-refractivity contribution in [2.75, 3.05) is 0 Å². The number of carbonyl (C=O) groups excluding carboxylic acids is 2. The average Bonchev–Trinajstić information content (AvgIpc) is 2.83. The molecule has 3 aromatic rings. The highest BCUT2D eigenvalue weighted by atomic mass is 16.5. The molecule has 1 radical (unpaired) electrons. The molecular weight excluding hydrogens is 418 g/mol. The summed E-state index contributed by atoms with van der Waals surface area (Å²) in [6.07, 6.45) is 5.15. The third kappa shape index (κ3) is 5.49. The molecule has 0 saturated heterocycles. The summed E-state index contributed by atoms with van der Waals surface area (Å²) in [5, 5.41) is 13.0. The Kier molecular flexibility index (Phi) is 6.89. The van der Waals surface area contributed by atoms with E-state index in [9.17, 15) is 9.59 Å². The van der Waals surface area contributed by atoms with Gasteiger partial charge >= 0.3 is 0 Å². The molecule has 3 N–H and O–H groups in total. The van der Waals surface area contributed by atoms with Gasteiger partial charge in [-0.25, -0.2) is 5.48 Å². The summed E-state index contributed by atoms with van der Waals surface area (Å²) >= 11 is 0.